The van der Waals surface area contributed by atoms with E-state index in [-0.39, 0.29) is 6.29 Å². The Morgan fingerprint density at radius 1 is 1.20 bits per heavy atom. The van der Waals surface area contributed by atoms with Crippen molar-refractivity contribution in [1.82, 2.24) is 9.55 Å². The first-order chi connectivity index (χ1) is 9.67. The maximum atomic E-state index is 9.91. The van der Waals surface area contributed by atoms with E-state index in [1.54, 1.807) is 6.92 Å². The van der Waals surface area contributed by atoms with Crippen LogP contribution in [0.5, 0.6) is 0 Å². The zero-order chi connectivity index (χ0) is 14.5. The van der Waals surface area contributed by atoms with E-state index in [1.165, 1.54) is 0 Å². The first-order valence-electron chi connectivity index (χ1n) is 7.03. The van der Waals surface area contributed by atoms with Gasteiger partial charge >= 0.3 is 0 Å². The Morgan fingerprint density at radius 2 is 1.85 bits per heavy atom. The Kier molecular flexibility index (Phi) is 5.11. The number of fused-ring (bicyclic) bond motifs is 1. The second-order valence-electron chi connectivity index (χ2n) is 4.59. The summed E-state index contributed by atoms with van der Waals surface area (Å²) in [6.45, 7) is 7.28. The molecule has 1 unspecified atom stereocenters. The molecule has 5 nitrogen and oxygen atoms in total. The molecule has 1 N–H and O–H groups in total. The predicted molar refractivity (Wildman–Crippen MR) is 77.4 cm³/mol. The second kappa shape index (κ2) is 6.83. The van der Waals surface area contributed by atoms with Crippen LogP contribution in [-0.2, 0) is 16.0 Å². The highest BCUT2D eigenvalue weighted by Crippen LogP contribution is 2.21. The van der Waals surface area contributed by atoms with Crippen molar-refractivity contribution in [1.29, 1.82) is 0 Å². The Hall–Kier alpha value is -1.43. The van der Waals surface area contributed by atoms with Crippen molar-refractivity contribution in [2.24, 2.45) is 0 Å². The summed E-state index contributed by atoms with van der Waals surface area (Å²) < 4.78 is 13.1. The third kappa shape index (κ3) is 3.17. The molecular weight excluding hydrogens is 256 g/mol. The molecule has 20 heavy (non-hydrogen) atoms. The number of ether oxygens (including phenoxy) is 2. The molecule has 0 fully saturated rings. The van der Waals surface area contributed by atoms with Gasteiger partial charge in [-0.3, -0.25) is 0 Å². The normalized spacial score (nSPS) is 13.2. The average Bonchev–Trinajstić information content (AvgIpc) is 2.79. The van der Waals surface area contributed by atoms with Gasteiger partial charge in [0.15, 0.2) is 6.29 Å². The fourth-order valence-electron chi connectivity index (χ4n) is 2.28. The first kappa shape index (κ1) is 15.0. The van der Waals surface area contributed by atoms with Crippen LogP contribution < -0.4 is 0 Å². The average molecular weight is 278 g/mol. The molecule has 0 saturated heterocycles. The minimum Gasteiger partial charge on any atom is -0.385 e. The van der Waals surface area contributed by atoms with Gasteiger partial charge < -0.3 is 19.1 Å². The molecule has 0 aliphatic rings. The zero-order valence-corrected chi connectivity index (χ0v) is 12.2. The summed E-state index contributed by atoms with van der Waals surface area (Å²) in [4.78, 5) is 4.49. The Morgan fingerprint density at radius 3 is 2.45 bits per heavy atom. The van der Waals surface area contributed by atoms with Crippen molar-refractivity contribution in [3.63, 3.8) is 0 Å². The predicted octanol–water partition coefficient (Wildman–Crippen LogP) is 2.49. The van der Waals surface area contributed by atoms with Crippen molar-refractivity contribution in [3.8, 4) is 0 Å². The van der Waals surface area contributed by atoms with Crippen LogP contribution in [0.4, 0.5) is 0 Å². The molecule has 1 heterocycles. The SMILES string of the molecule is CCOC(Cn1c(C(C)O)nc2ccccc21)OCC. The molecule has 2 aromatic rings. The molecule has 0 saturated carbocycles. The van der Waals surface area contributed by atoms with E-state index in [0.29, 0.717) is 25.6 Å². The molecule has 5 heteroatoms. The molecule has 0 spiro atoms. The third-order valence-corrected chi connectivity index (χ3v) is 3.09. The molecule has 1 aromatic heterocycles. The minimum atomic E-state index is -0.633. The Balaban J connectivity index is 2.37. The van der Waals surface area contributed by atoms with Gasteiger partial charge in [0.1, 0.15) is 11.9 Å². The zero-order valence-electron chi connectivity index (χ0n) is 12.2. The number of hydrogen-bond donors (Lipinski definition) is 1. The van der Waals surface area contributed by atoms with Crippen LogP contribution >= 0.6 is 0 Å². The number of hydrogen-bond acceptors (Lipinski definition) is 4. The van der Waals surface area contributed by atoms with Crippen LogP contribution in [-0.4, -0.2) is 34.2 Å². The lowest BCUT2D eigenvalue weighted by Gasteiger charge is -2.20. The summed E-state index contributed by atoms with van der Waals surface area (Å²) in [7, 11) is 0. The quantitative estimate of drug-likeness (QED) is 0.791. The smallest absolute Gasteiger partial charge is 0.175 e. The number of aliphatic hydroxyl groups excluding tert-OH is 1. The fraction of sp³-hybridized carbons (Fsp3) is 0.533. The summed E-state index contributed by atoms with van der Waals surface area (Å²) in [5, 5.41) is 9.91. The number of imidazole rings is 1. The number of benzene rings is 1. The molecule has 110 valence electrons. The number of para-hydroxylation sites is 2. The topological polar surface area (TPSA) is 56.5 Å². The van der Waals surface area contributed by atoms with Crippen molar-refractivity contribution >= 4 is 11.0 Å². The maximum Gasteiger partial charge on any atom is 0.175 e. The molecule has 1 atom stereocenters. The van der Waals surface area contributed by atoms with Crippen molar-refractivity contribution in [3.05, 3.63) is 30.1 Å². The van der Waals surface area contributed by atoms with Crippen LogP contribution in [0.1, 0.15) is 32.7 Å². The summed E-state index contributed by atoms with van der Waals surface area (Å²) in [5.74, 6) is 0.635. The highest BCUT2D eigenvalue weighted by Gasteiger charge is 2.18. The summed E-state index contributed by atoms with van der Waals surface area (Å²) in [5.41, 5.74) is 1.85. The summed E-state index contributed by atoms with van der Waals surface area (Å²) >= 11 is 0. The number of aromatic nitrogens is 2. The minimum absolute atomic E-state index is 0.333. The summed E-state index contributed by atoms with van der Waals surface area (Å²) in [6.07, 6.45) is -0.966. The number of rotatable bonds is 7. The van der Waals surface area contributed by atoms with Gasteiger partial charge in [-0.15, -0.1) is 0 Å². The van der Waals surface area contributed by atoms with Crippen molar-refractivity contribution in [2.75, 3.05) is 13.2 Å². The van der Waals surface area contributed by atoms with Gasteiger partial charge in [-0.05, 0) is 32.9 Å². The van der Waals surface area contributed by atoms with Gasteiger partial charge in [0, 0.05) is 13.2 Å². The van der Waals surface area contributed by atoms with E-state index in [4.69, 9.17) is 9.47 Å². The maximum absolute atomic E-state index is 9.91. The lowest BCUT2D eigenvalue weighted by molar-refractivity contribution is -0.143. The van der Waals surface area contributed by atoms with Crippen LogP contribution in [0.2, 0.25) is 0 Å². The molecular formula is C15H22N2O3. The Bertz CT molecular complexity index is 545. The van der Waals surface area contributed by atoms with E-state index < -0.39 is 6.10 Å². The van der Waals surface area contributed by atoms with Gasteiger partial charge in [0.05, 0.1) is 17.6 Å². The largest absolute Gasteiger partial charge is 0.385 e. The fourth-order valence-corrected chi connectivity index (χ4v) is 2.28. The first-order valence-corrected chi connectivity index (χ1v) is 7.03. The van der Waals surface area contributed by atoms with Crippen LogP contribution in [0.3, 0.4) is 0 Å². The molecule has 1 aromatic carbocycles. The Labute approximate surface area is 119 Å². The number of nitrogens with zero attached hydrogens (tertiary/aromatic N) is 2. The van der Waals surface area contributed by atoms with Crippen LogP contribution in [0.15, 0.2) is 24.3 Å². The second-order valence-corrected chi connectivity index (χ2v) is 4.59. The highest BCUT2D eigenvalue weighted by molar-refractivity contribution is 5.76. The molecule has 0 aliphatic carbocycles. The lowest BCUT2D eigenvalue weighted by atomic mass is 10.3. The van der Waals surface area contributed by atoms with Gasteiger partial charge in [0.2, 0.25) is 0 Å². The van der Waals surface area contributed by atoms with Gasteiger partial charge in [0.25, 0.3) is 0 Å². The van der Waals surface area contributed by atoms with Crippen molar-refractivity contribution < 1.29 is 14.6 Å². The highest BCUT2D eigenvalue weighted by atomic mass is 16.7. The molecule has 0 bridgehead atoms. The van der Waals surface area contributed by atoms with Gasteiger partial charge in [-0.2, -0.15) is 0 Å². The molecule has 0 amide bonds. The number of aliphatic hydroxyl groups is 1. The van der Waals surface area contributed by atoms with Crippen molar-refractivity contribution in [2.45, 2.75) is 39.7 Å². The van der Waals surface area contributed by atoms with Crippen LogP contribution in [0.25, 0.3) is 11.0 Å². The van der Waals surface area contributed by atoms with Gasteiger partial charge in [-0.1, -0.05) is 12.1 Å². The molecule has 0 aliphatic heterocycles. The van der Waals surface area contributed by atoms with Crippen LogP contribution in [0, 0.1) is 0 Å². The standard InChI is InChI=1S/C15H22N2O3/c1-4-19-14(20-5-2)10-17-13-9-7-6-8-12(13)16-15(17)11(3)18/h6-9,11,14,18H,4-5,10H2,1-3H3. The monoisotopic (exact) mass is 278 g/mol. The van der Waals surface area contributed by atoms with E-state index in [1.807, 2.05) is 42.7 Å². The van der Waals surface area contributed by atoms with E-state index in [0.717, 1.165) is 11.0 Å². The lowest BCUT2D eigenvalue weighted by Crippen LogP contribution is -2.25. The summed E-state index contributed by atoms with van der Waals surface area (Å²) in [6, 6.07) is 7.83. The third-order valence-electron chi connectivity index (χ3n) is 3.09. The van der Waals surface area contributed by atoms with E-state index >= 15 is 0 Å². The van der Waals surface area contributed by atoms with E-state index in [9.17, 15) is 5.11 Å². The van der Waals surface area contributed by atoms with E-state index in [2.05, 4.69) is 4.98 Å². The molecule has 0 radical (unpaired) electrons. The molecule has 2 rings (SSSR count). The van der Waals surface area contributed by atoms with Gasteiger partial charge in [-0.25, -0.2) is 4.98 Å².